The SMILES string of the molecule is CC(C)C[C@H]1NC(=O)[C@H](NC(=O)[C@H](CC(N)=O)NC(=O)[C@H](O)Cc2ccc(O)cc2)[C@@H](C)OC(=O)[C@H](C(C)C)NC(=O)[C@@H](Cc2ccccc2)N(C)C(=O)[C@H](CC(C)C)N2C(=O)[C@@H](CC[C@@H]2O)NC1=O. The molecule has 0 spiro atoms. The number of fused-ring (bicyclic) bond motifs is 2. The Bertz CT molecular complexity index is 2190. The second-order valence-electron chi connectivity index (χ2n) is 19.3. The molecule has 70 heavy (non-hydrogen) atoms. The number of carbonyl (C=O) groups excluding carboxylic acids is 9. The topological polar surface area (TPSA) is 316 Å². The number of nitrogens with one attached hydrogen (secondary N) is 5. The number of aromatic hydroxyl groups is 1. The molecule has 8 amide bonds. The number of likely N-dealkylation sites (N-methyl/N-ethyl adjacent to an activating group) is 1. The van der Waals surface area contributed by atoms with Crippen LogP contribution < -0.4 is 32.3 Å². The van der Waals surface area contributed by atoms with Crippen LogP contribution in [0.25, 0.3) is 0 Å². The van der Waals surface area contributed by atoms with Crippen molar-refractivity contribution >= 4 is 53.2 Å². The molecule has 2 fully saturated rings. The Hall–Kier alpha value is -6.61. The van der Waals surface area contributed by atoms with Crippen LogP contribution in [0.3, 0.4) is 0 Å². The van der Waals surface area contributed by atoms with Gasteiger partial charge in [-0.3, -0.25) is 38.4 Å². The molecule has 2 aliphatic heterocycles. The zero-order valence-corrected chi connectivity index (χ0v) is 41.0. The minimum atomic E-state index is -1.87. The molecule has 10 atom stereocenters. The van der Waals surface area contributed by atoms with Gasteiger partial charge in [-0.1, -0.05) is 84.0 Å². The average Bonchev–Trinajstić information content (AvgIpc) is 3.28. The van der Waals surface area contributed by atoms with E-state index in [9.17, 15) is 58.5 Å². The van der Waals surface area contributed by atoms with Crippen molar-refractivity contribution < 1.29 is 63.2 Å². The van der Waals surface area contributed by atoms with Gasteiger partial charge in [0.1, 0.15) is 66.5 Å². The van der Waals surface area contributed by atoms with Crippen LogP contribution in [0.1, 0.15) is 91.7 Å². The van der Waals surface area contributed by atoms with E-state index in [0.717, 1.165) is 4.90 Å². The summed E-state index contributed by atoms with van der Waals surface area (Å²) in [4.78, 5) is 129. The number of amides is 8. The molecule has 4 rings (SSSR count). The molecule has 2 aromatic rings. The number of rotatable bonds is 15. The van der Waals surface area contributed by atoms with Gasteiger partial charge < -0.3 is 62.2 Å². The Morgan fingerprint density at radius 1 is 0.786 bits per heavy atom. The number of primary amides is 1. The first-order valence-corrected chi connectivity index (χ1v) is 23.7. The molecule has 21 heteroatoms. The van der Waals surface area contributed by atoms with Crippen LogP contribution in [-0.4, -0.2) is 146 Å². The summed E-state index contributed by atoms with van der Waals surface area (Å²) in [5, 5.41) is 44.5. The van der Waals surface area contributed by atoms with Crippen molar-refractivity contribution in [1.82, 2.24) is 36.4 Å². The monoisotopic (exact) mass is 979 g/mol. The Morgan fingerprint density at radius 3 is 2.00 bits per heavy atom. The van der Waals surface area contributed by atoms with Gasteiger partial charge in [-0.05, 0) is 73.6 Å². The van der Waals surface area contributed by atoms with E-state index >= 15 is 0 Å². The summed E-state index contributed by atoms with van der Waals surface area (Å²) < 4.78 is 5.84. The zero-order chi connectivity index (χ0) is 52.1. The van der Waals surface area contributed by atoms with Gasteiger partial charge in [-0.2, -0.15) is 0 Å². The van der Waals surface area contributed by atoms with Gasteiger partial charge in [0.2, 0.25) is 47.3 Å². The normalized spacial score (nSPS) is 25.2. The average molecular weight is 979 g/mol. The van der Waals surface area contributed by atoms with Crippen molar-refractivity contribution in [2.45, 2.75) is 154 Å². The molecule has 0 aliphatic carbocycles. The summed E-state index contributed by atoms with van der Waals surface area (Å²) in [6, 6.07) is 4.03. The van der Waals surface area contributed by atoms with Gasteiger partial charge in [-0.25, -0.2) is 4.79 Å². The largest absolute Gasteiger partial charge is 0.508 e. The predicted molar refractivity (Wildman–Crippen MR) is 253 cm³/mol. The first-order valence-electron chi connectivity index (χ1n) is 23.7. The molecule has 2 saturated heterocycles. The number of carbonyl (C=O) groups is 9. The molecule has 2 aliphatic rings. The lowest BCUT2D eigenvalue weighted by atomic mass is 9.94. The molecule has 2 bridgehead atoms. The second kappa shape index (κ2) is 25.3. The van der Waals surface area contributed by atoms with Crippen LogP contribution in [0.15, 0.2) is 54.6 Å². The predicted octanol–water partition coefficient (Wildman–Crippen LogP) is -0.332. The van der Waals surface area contributed by atoms with E-state index in [2.05, 4.69) is 26.6 Å². The van der Waals surface area contributed by atoms with Gasteiger partial charge in [-0.15, -0.1) is 0 Å². The van der Waals surface area contributed by atoms with Crippen molar-refractivity contribution in [1.29, 1.82) is 0 Å². The molecule has 10 N–H and O–H groups in total. The maximum atomic E-state index is 14.8. The number of piperidine rings is 1. The van der Waals surface area contributed by atoms with Crippen LogP contribution in [0.5, 0.6) is 5.75 Å². The number of hydrogen-bond donors (Lipinski definition) is 9. The number of benzene rings is 2. The number of phenols is 1. The van der Waals surface area contributed by atoms with Crippen LogP contribution in [0.4, 0.5) is 0 Å². The lowest BCUT2D eigenvalue weighted by Gasteiger charge is -2.43. The van der Waals surface area contributed by atoms with Crippen molar-refractivity contribution in [2.75, 3.05) is 7.05 Å². The molecule has 0 unspecified atom stereocenters. The number of nitrogens with two attached hydrogens (primary N) is 1. The highest BCUT2D eigenvalue weighted by Gasteiger charge is 2.46. The fourth-order valence-electron chi connectivity index (χ4n) is 8.40. The third-order valence-electron chi connectivity index (χ3n) is 12.2. The van der Waals surface area contributed by atoms with E-state index in [4.69, 9.17) is 10.5 Å². The number of cyclic esters (lactones) is 1. The van der Waals surface area contributed by atoms with Crippen molar-refractivity contribution in [3.05, 3.63) is 65.7 Å². The minimum Gasteiger partial charge on any atom is -0.508 e. The molecular weight excluding hydrogens is 909 g/mol. The number of esters is 1. The van der Waals surface area contributed by atoms with Gasteiger partial charge in [0, 0.05) is 19.9 Å². The standard InChI is InChI=1S/C49H70N8O13/c1-25(2)20-33-42(62)51-32-18-19-39(61)57(47(32)67)36(21-26(3)4)48(68)56(8)35(22-29-12-10-9-11-13-29)44(64)54-40(27(5)6)49(69)70-28(7)41(46(66)53-33)55-43(63)34(24-38(50)60)52-45(65)37(59)23-30-14-16-31(58)17-15-30/h9-17,25-28,32-37,39-41,58-59,61H,18-24H2,1-8H3,(H2,50,60)(H,51,62)(H,52,65)(H,53,66)(H,54,64)(H,55,63)/t28-,32-,33-,34+,35-,36+,37-,39+,40+,41-/m1/s1. The van der Waals surface area contributed by atoms with Crippen molar-refractivity contribution in [2.24, 2.45) is 23.5 Å². The highest BCUT2D eigenvalue weighted by atomic mass is 16.5. The molecule has 2 aromatic carbocycles. The number of hydrogen-bond acceptors (Lipinski definition) is 13. The highest BCUT2D eigenvalue weighted by Crippen LogP contribution is 2.26. The van der Waals surface area contributed by atoms with Crippen LogP contribution >= 0.6 is 0 Å². The highest BCUT2D eigenvalue weighted by molar-refractivity contribution is 5.99. The van der Waals surface area contributed by atoms with Crippen molar-refractivity contribution in [3.8, 4) is 5.75 Å². The molecule has 384 valence electrons. The smallest absolute Gasteiger partial charge is 0.329 e. The van der Waals surface area contributed by atoms with E-state index in [-0.39, 0.29) is 56.1 Å². The molecule has 21 nitrogen and oxygen atoms in total. The first-order chi connectivity index (χ1) is 32.9. The second-order valence-corrected chi connectivity index (χ2v) is 19.3. The Balaban J connectivity index is 1.80. The Labute approximate surface area is 408 Å². The first kappa shape index (κ1) is 56.0. The van der Waals surface area contributed by atoms with Crippen LogP contribution in [0.2, 0.25) is 0 Å². The van der Waals surface area contributed by atoms with Gasteiger partial charge in [0.25, 0.3) is 0 Å². The summed E-state index contributed by atoms with van der Waals surface area (Å²) in [7, 11) is 1.39. The minimum absolute atomic E-state index is 0.0115. The van der Waals surface area contributed by atoms with Gasteiger partial charge in [0.15, 0.2) is 0 Å². The lowest BCUT2D eigenvalue weighted by Crippen LogP contribution is -2.65. The number of aliphatic hydroxyl groups excluding tert-OH is 2. The summed E-state index contributed by atoms with van der Waals surface area (Å²) in [5.74, 6) is -9.72. The van der Waals surface area contributed by atoms with Crippen LogP contribution in [0, 0.1) is 17.8 Å². The Kier molecular flexibility index (Phi) is 20.2. The number of nitrogens with zero attached hydrogens (tertiary/aromatic N) is 2. The quantitative estimate of drug-likeness (QED) is 0.103. The molecule has 2 heterocycles. The number of ether oxygens (including phenoxy) is 1. The third kappa shape index (κ3) is 15.4. The number of phenolic OH excluding ortho intramolecular Hbond substituents is 1. The van der Waals surface area contributed by atoms with E-state index in [1.807, 2.05) is 13.8 Å². The summed E-state index contributed by atoms with van der Waals surface area (Å²) in [5.41, 5.74) is 6.55. The maximum absolute atomic E-state index is 14.8. The van der Waals surface area contributed by atoms with E-state index in [1.165, 1.54) is 43.1 Å². The molecular formula is C49H70N8O13. The third-order valence-corrected chi connectivity index (χ3v) is 12.2. The number of aliphatic hydroxyl groups is 2. The molecule has 0 radical (unpaired) electrons. The van der Waals surface area contributed by atoms with Crippen LogP contribution in [-0.2, 0) is 60.7 Å². The van der Waals surface area contributed by atoms with Gasteiger partial charge in [0.05, 0.1) is 6.42 Å². The molecule has 0 aromatic heterocycles. The fourth-order valence-corrected chi connectivity index (χ4v) is 8.40. The lowest BCUT2D eigenvalue weighted by molar-refractivity contribution is -0.166. The maximum Gasteiger partial charge on any atom is 0.329 e. The zero-order valence-electron chi connectivity index (χ0n) is 41.0. The summed E-state index contributed by atoms with van der Waals surface area (Å²) >= 11 is 0. The fraction of sp³-hybridized carbons (Fsp3) is 0.571. The van der Waals surface area contributed by atoms with E-state index in [1.54, 1.807) is 58.0 Å². The molecule has 0 saturated carbocycles. The van der Waals surface area contributed by atoms with Gasteiger partial charge >= 0.3 is 5.97 Å². The Morgan fingerprint density at radius 2 is 1.41 bits per heavy atom. The van der Waals surface area contributed by atoms with Crippen molar-refractivity contribution in [3.63, 3.8) is 0 Å². The summed E-state index contributed by atoms with van der Waals surface area (Å²) in [6.07, 6.45) is -5.95. The van der Waals surface area contributed by atoms with E-state index in [0.29, 0.717) is 11.1 Å². The summed E-state index contributed by atoms with van der Waals surface area (Å²) in [6.45, 7) is 11.6. The van der Waals surface area contributed by atoms with E-state index < -0.39 is 126 Å².